The lowest BCUT2D eigenvalue weighted by Crippen LogP contribution is -2.28. The van der Waals surface area contributed by atoms with E-state index in [0.29, 0.717) is 39.9 Å². The maximum absolute atomic E-state index is 13.1. The van der Waals surface area contributed by atoms with Gasteiger partial charge < -0.3 is 10.1 Å². The van der Waals surface area contributed by atoms with Crippen molar-refractivity contribution in [1.82, 2.24) is 24.6 Å². The quantitative estimate of drug-likeness (QED) is 0.422. The van der Waals surface area contributed by atoms with Gasteiger partial charge in [0.1, 0.15) is 23.3 Å². The first kappa shape index (κ1) is 21.7. The largest absolute Gasteiger partial charge is 0.497 e. The molecule has 0 unspecified atom stereocenters. The number of aromatic nitrogens is 4. The Balaban J connectivity index is 1.45. The number of benzene rings is 2. The van der Waals surface area contributed by atoms with E-state index in [9.17, 15) is 14.0 Å². The van der Waals surface area contributed by atoms with Gasteiger partial charge in [0.25, 0.3) is 11.5 Å². The topological polar surface area (TPSA) is 91.0 Å². The number of halogens is 2. The monoisotopic (exact) mass is 499 g/mol. The van der Waals surface area contributed by atoms with Gasteiger partial charge in [-0.05, 0) is 51.8 Å². The lowest BCUT2D eigenvalue weighted by atomic mass is 10.2. The highest BCUT2D eigenvalue weighted by atomic mass is 79.9. The van der Waals surface area contributed by atoms with Crippen molar-refractivity contribution in [2.45, 2.75) is 13.1 Å². The summed E-state index contributed by atoms with van der Waals surface area (Å²) in [7, 11) is 1.54. The number of carbonyl (C=O) groups is 1. The number of hydrogen-bond acceptors (Lipinski definition) is 5. The predicted octanol–water partition coefficient (Wildman–Crippen LogP) is 2.98. The summed E-state index contributed by atoms with van der Waals surface area (Å²) in [6.07, 6.45) is 2.91. The molecule has 2 heterocycles. The number of rotatable bonds is 7. The minimum absolute atomic E-state index is 0.241. The van der Waals surface area contributed by atoms with Gasteiger partial charge in [-0.25, -0.2) is 14.1 Å². The lowest BCUT2D eigenvalue weighted by Gasteiger charge is -2.09. The van der Waals surface area contributed by atoms with E-state index >= 15 is 0 Å². The number of methoxy groups -OCH3 is 1. The number of nitrogens with zero attached hydrogens (tertiary/aromatic N) is 4. The zero-order valence-electron chi connectivity index (χ0n) is 17.1. The van der Waals surface area contributed by atoms with Gasteiger partial charge in [-0.3, -0.25) is 14.2 Å². The summed E-state index contributed by atoms with van der Waals surface area (Å²) < 4.78 is 21.9. The lowest BCUT2D eigenvalue weighted by molar-refractivity contribution is 0.0951. The number of hydrogen-bond donors (Lipinski definition) is 1. The van der Waals surface area contributed by atoms with Crippen LogP contribution in [0.1, 0.15) is 15.9 Å². The van der Waals surface area contributed by atoms with Crippen LogP contribution >= 0.6 is 15.9 Å². The van der Waals surface area contributed by atoms with Crippen LogP contribution in [0.5, 0.6) is 5.75 Å². The van der Waals surface area contributed by atoms with E-state index in [4.69, 9.17) is 4.74 Å². The van der Waals surface area contributed by atoms with E-state index in [1.165, 1.54) is 36.3 Å². The van der Waals surface area contributed by atoms with Crippen LogP contribution in [0.4, 0.5) is 4.39 Å². The van der Waals surface area contributed by atoms with Crippen molar-refractivity contribution in [3.05, 3.63) is 86.8 Å². The van der Waals surface area contributed by atoms with E-state index < -0.39 is 0 Å². The molecule has 10 heteroatoms. The molecule has 4 aromatic rings. The van der Waals surface area contributed by atoms with Crippen molar-refractivity contribution >= 4 is 32.9 Å². The van der Waals surface area contributed by atoms with E-state index in [-0.39, 0.29) is 23.8 Å². The average Bonchev–Trinajstić information content (AvgIpc) is 3.21. The maximum Gasteiger partial charge on any atom is 0.264 e. The van der Waals surface area contributed by atoms with E-state index in [2.05, 4.69) is 31.3 Å². The highest BCUT2D eigenvalue weighted by molar-refractivity contribution is 9.10. The third kappa shape index (κ3) is 4.54. The summed E-state index contributed by atoms with van der Waals surface area (Å²) in [4.78, 5) is 29.6. The Labute approximate surface area is 190 Å². The van der Waals surface area contributed by atoms with Crippen molar-refractivity contribution in [2.24, 2.45) is 0 Å². The second-order valence-corrected chi connectivity index (χ2v) is 7.87. The molecule has 1 N–H and O–H groups in total. The molecule has 0 spiro atoms. The predicted molar refractivity (Wildman–Crippen MR) is 120 cm³/mol. The molecule has 0 radical (unpaired) electrons. The fraction of sp³-hybridized carbons (Fsp3) is 0.182. The Kier molecular flexibility index (Phi) is 6.31. The molecular weight excluding hydrogens is 481 g/mol. The Hall–Kier alpha value is -3.53. The second-order valence-electron chi connectivity index (χ2n) is 7.01. The van der Waals surface area contributed by atoms with Crippen molar-refractivity contribution in [1.29, 1.82) is 0 Å². The van der Waals surface area contributed by atoms with Crippen molar-refractivity contribution in [3.63, 3.8) is 0 Å². The molecule has 1 amide bonds. The zero-order chi connectivity index (χ0) is 22.7. The van der Waals surface area contributed by atoms with Gasteiger partial charge in [-0.2, -0.15) is 5.10 Å². The minimum atomic E-state index is -0.332. The third-order valence-corrected chi connectivity index (χ3v) is 5.61. The molecule has 0 atom stereocenters. The van der Waals surface area contributed by atoms with Crippen LogP contribution < -0.4 is 15.6 Å². The fourth-order valence-corrected chi connectivity index (χ4v) is 3.66. The number of amides is 1. The van der Waals surface area contributed by atoms with E-state index in [0.717, 1.165) is 5.56 Å². The summed E-state index contributed by atoms with van der Waals surface area (Å²) in [6, 6.07) is 11.1. The molecule has 2 aromatic heterocycles. The molecule has 0 saturated heterocycles. The molecule has 0 aliphatic rings. The van der Waals surface area contributed by atoms with Crippen LogP contribution in [-0.2, 0) is 13.1 Å². The molecule has 164 valence electrons. The van der Waals surface area contributed by atoms with Crippen LogP contribution in [0.2, 0.25) is 0 Å². The van der Waals surface area contributed by atoms with Gasteiger partial charge in [-0.15, -0.1) is 0 Å². The number of fused-ring (bicyclic) bond motifs is 1. The maximum atomic E-state index is 13.1. The molecule has 0 aliphatic heterocycles. The molecule has 0 saturated carbocycles. The first-order valence-corrected chi connectivity index (χ1v) is 10.5. The van der Waals surface area contributed by atoms with E-state index in [1.807, 2.05) is 0 Å². The van der Waals surface area contributed by atoms with Gasteiger partial charge in [0, 0.05) is 11.0 Å². The molecule has 4 rings (SSSR count). The van der Waals surface area contributed by atoms with Crippen molar-refractivity contribution in [3.8, 4) is 5.75 Å². The molecule has 0 bridgehead atoms. The number of carbonyl (C=O) groups excluding carboxylic acids is 1. The van der Waals surface area contributed by atoms with Gasteiger partial charge >= 0.3 is 0 Å². The highest BCUT2D eigenvalue weighted by Gasteiger charge is 2.13. The van der Waals surface area contributed by atoms with Crippen LogP contribution in [0.25, 0.3) is 11.0 Å². The van der Waals surface area contributed by atoms with E-state index in [1.54, 1.807) is 35.0 Å². The first-order valence-electron chi connectivity index (χ1n) is 9.73. The molecule has 2 aromatic carbocycles. The summed E-state index contributed by atoms with van der Waals surface area (Å²) in [5, 5.41) is 7.44. The second kappa shape index (κ2) is 9.31. The van der Waals surface area contributed by atoms with Gasteiger partial charge in [0.15, 0.2) is 5.65 Å². The Morgan fingerprint density at radius 1 is 1.22 bits per heavy atom. The normalized spacial score (nSPS) is 11.0. The zero-order valence-corrected chi connectivity index (χ0v) is 18.7. The molecular formula is C22H19BrFN5O3. The van der Waals surface area contributed by atoms with Crippen LogP contribution in [-0.4, -0.2) is 38.9 Å². The smallest absolute Gasteiger partial charge is 0.264 e. The standard InChI is InChI=1S/C22H19BrFN5O3/c1-32-16-6-7-19(23)17(10-16)21(30)25-8-9-29-20-18(11-27-29)22(31)28(13-26-20)12-14-2-4-15(24)5-3-14/h2-7,10-11,13H,8-9,12H2,1H3,(H,25,30). The Morgan fingerprint density at radius 3 is 2.75 bits per heavy atom. The SMILES string of the molecule is COc1ccc(Br)c(C(=O)NCCn2ncc3c(=O)n(Cc4ccc(F)cc4)cnc32)c1. The van der Waals surface area contributed by atoms with Crippen molar-refractivity contribution in [2.75, 3.05) is 13.7 Å². The molecule has 8 nitrogen and oxygen atoms in total. The van der Waals surface area contributed by atoms with Gasteiger partial charge in [-0.1, -0.05) is 12.1 Å². The molecule has 0 aliphatic carbocycles. The fourth-order valence-electron chi connectivity index (χ4n) is 3.24. The van der Waals surface area contributed by atoms with Crippen LogP contribution in [0.15, 0.2) is 64.3 Å². The third-order valence-electron chi connectivity index (χ3n) is 4.92. The number of nitrogens with one attached hydrogen (secondary N) is 1. The summed E-state index contributed by atoms with van der Waals surface area (Å²) in [5.41, 5.74) is 1.43. The van der Waals surface area contributed by atoms with Gasteiger partial charge in [0.2, 0.25) is 0 Å². The first-order chi connectivity index (χ1) is 15.5. The average molecular weight is 500 g/mol. The minimum Gasteiger partial charge on any atom is -0.497 e. The Bertz CT molecular complexity index is 1330. The van der Waals surface area contributed by atoms with Crippen LogP contribution in [0, 0.1) is 5.82 Å². The summed E-state index contributed by atoms with van der Waals surface area (Å²) in [5.74, 6) is -0.0128. The summed E-state index contributed by atoms with van der Waals surface area (Å²) >= 11 is 3.37. The summed E-state index contributed by atoms with van der Waals surface area (Å²) in [6.45, 7) is 0.906. The highest BCUT2D eigenvalue weighted by Crippen LogP contribution is 2.22. The molecule has 32 heavy (non-hydrogen) atoms. The molecule has 0 fully saturated rings. The van der Waals surface area contributed by atoms with Crippen LogP contribution in [0.3, 0.4) is 0 Å². The Morgan fingerprint density at radius 2 is 2.00 bits per heavy atom. The van der Waals surface area contributed by atoms with Crippen molar-refractivity contribution < 1.29 is 13.9 Å². The van der Waals surface area contributed by atoms with Gasteiger partial charge in [0.05, 0.1) is 32.0 Å². The number of ether oxygens (including phenoxy) is 1.